The molecule has 1 aromatic carbocycles. The Balaban J connectivity index is 1.58. The molecule has 1 N–H and O–H groups in total. The summed E-state index contributed by atoms with van der Waals surface area (Å²) in [5, 5.41) is 3.63. The summed E-state index contributed by atoms with van der Waals surface area (Å²) in [5.41, 5.74) is 4.07. The molecule has 6 heteroatoms. The Hall–Kier alpha value is -1.95. The minimum Gasteiger partial charge on any atom is -0.325 e. The second-order valence-electron chi connectivity index (χ2n) is 5.92. The van der Waals surface area contributed by atoms with Crippen LogP contribution in [0.1, 0.15) is 30.4 Å². The molecule has 3 amide bonds. The van der Waals surface area contributed by atoms with Gasteiger partial charge in [-0.2, -0.15) is 4.99 Å². The van der Waals surface area contributed by atoms with Gasteiger partial charge in [-0.05, 0) is 56.4 Å². The number of amides is 3. The van der Waals surface area contributed by atoms with Crippen LogP contribution in [0.4, 0.5) is 10.5 Å². The van der Waals surface area contributed by atoms with Crippen molar-refractivity contribution in [1.29, 1.82) is 0 Å². The highest BCUT2D eigenvalue weighted by molar-refractivity contribution is 8.14. The van der Waals surface area contributed by atoms with Gasteiger partial charge in [0.1, 0.15) is 0 Å². The monoisotopic (exact) mass is 329 g/mol. The molecule has 0 saturated heterocycles. The summed E-state index contributed by atoms with van der Waals surface area (Å²) in [6.07, 6.45) is 2.87. The van der Waals surface area contributed by atoms with Crippen molar-refractivity contribution in [3.8, 4) is 0 Å². The Kier molecular flexibility index (Phi) is 4.61. The molecule has 1 unspecified atom stereocenters. The van der Waals surface area contributed by atoms with Crippen molar-refractivity contribution in [3.63, 3.8) is 0 Å². The maximum absolute atomic E-state index is 12.1. The third kappa shape index (κ3) is 3.69. The number of rotatable bonds is 3. The summed E-state index contributed by atoms with van der Waals surface area (Å²) < 4.78 is 0. The van der Waals surface area contributed by atoms with Gasteiger partial charge in [-0.25, -0.2) is 9.79 Å². The van der Waals surface area contributed by atoms with E-state index in [0.717, 1.165) is 41.3 Å². The predicted octanol–water partition coefficient (Wildman–Crippen LogP) is 3.75. The minimum atomic E-state index is -0.435. The molecule has 23 heavy (non-hydrogen) atoms. The minimum absolute atomic E-state index is 0.0875. The van der Waals surface area contributed by atoms with Gasteiger partial charge in [-0.1, -0.05) is 17.8 Å². The second kappa shape index (κ2) is 6.66. The molecule has 1 saturated carbocycles. The van der Waals surface area contributed by atoms with Crippen molar-refractivity contribution in [2.45, 2.75) is 33.1 Å². The number of carbonyl (C=O) groups is 2. The zero-order chi connectivity index (χ0) is 16.4. The highest BCUT2D eigenvalue weighted by atomic mass is 32.2. The number of benzene rings is 1. The van der Waals surface area contributed by atoms with Crippen LogP contribution in [-0.4, -0.2) is 28.4 Å². The molecule has 1 atom stereocenters. The predicted molar refractivity (Wildman–Crippen MR) is 94.6 cm³/mol. The zero-order valence-corrected chi connectivity index (χ0v) is 14.1. The number of hydrogen-bond acceptors (Lipinski definition) is 3. The Morgan fingerprint density at radius 3 is 2.91 bits per heavy atom. The van der Waals surface area contributed by atoms with Crippen LogP contribution in [0.25, 0.3) is 0 Å². The number of aliphatic imine (C=N–C) groups is 2. The molecule has 0 aromatic heterocycles. The molecule has 1 aliphatic carbocycles. The summed E-state index contributed by atoms with van der Waals surface area (Å²) in [4.78, 5) is 31.6. The molecule has 2 aliphatic rings. The number of anilines is 1. The summed E-state index contributed by atoms with van der Waals surface area (Å²) in [6, 6.07) is 5.41. The van der Waals surface area contributed by atoms with Crippen LogP contribution in [0, 0.1) is 19.8 Å². The third-order valence-corrected chi connectivity index (χ3v) is 5.29. The maximum atomic E-state index is 12.1. The number of urea groups is 1. The number of thioether (sulfide) groups is 1. The lowest BCUT2D eigenvalue weighted by Gasteiger charge is -2.16. The standard InChI is InChI=1S/C17H19N3O2S/c1-10-6-7-12(8-11(10)2)18-15(21)9-23-16-13-4-3-5-14(13)19-17(22)20-16/h6-8,13H,3-5,9H2,1-2H3,(H,18,21). The van der Waals surface area contributed by atoms with Crippen LogP contribution in [0.15, 0.2) is 28.2 Å². The van der Waals surface area contributed by atoms with E-state index in [4.69, 9.17) is 0 Å². The van der Waals surface area contributed by atoms with Gasteiger partial charge in [0.25, 0.3) is 0 Å². The molecule has 0 bridgehead atoms. The van der Waals surface area contributed by atoms with Crippen molar-refractivity contribution in [2.24, 2.45) is 15.9 Å². The number of carbonyl (C=O) groups excluding carboxylic acids is 2. The topological polar surface area (TPSA) is 70.9 Å². The van der Waals surface area contributed by atoms with Crippen LogP contribution in [0.2, 0.25) is 0 Å². The van der Waals surface area contributed by atoms with Gasteiger partial charge in [-0.3, -0.25) is 4.79 Å². The quantitative estimate of drug-likeness (QED) is 0.918. The average Bonchev–Trinajstić information content (AvgIpc) is 2.97. The van der Waals surface area contributed by atoms with E-state index in [1.807, 2.05) is 32.0 Å². The first-order valence-electron chi connectivity index (χ1n) is 7.73. The van der Waals surface area contributed by atoms with Crippen LogP contribution in [-0.2, 0) is 4.79 Å². The van der Waals surface area contributed by atoms with Crippen molar-refractivity contribution in [2.75, 3.05) is 11.1 Å². The van der Waals surface area contributed by atoms with Crippen molar-refractivity contribution in [3.05, 3.63) is 29.3 Å². The van der Waals surface area contributed by atoms with E-state index in [0.29, 0.717) is 0 Å². The van der Waals surface area contributed by atoms with Crippen molar-refractivity contribution >= 4 is 40.1 Å². The van der Waals surface area contributed by atoms with Gasteiger partial charge < -0.3 is 5.32 Å². The van der Waals surface area contributed by atoms with E-state index in [1.165, 1.54) is 17.3 Å². The summed E-state index contributed by atoms with van der Waals surface area (Å²) in [6.45, 7) is 4.05. The summed E-state index contributed by atoms with van der Waals surface area (Å²) >= 11 is 1.35. The van der Waals surface area contributed by atoms with E-state index in [1.54, 1.807) is 0 Å². The number of nitrogens with zero attached hydrogens (tertiary/aromatic N) is 2. The van der Waals surface area contributed by atoms with Gasteiger partial charge in [-0.15, -0.1) is 0 Å². The molecular weight excluding hydrogens is 310 g/mol. The van der Waals surface area contributed by atoms with Crippen LogP contribution in [0.3, 0.4) is 0 Å². The highest BCUT2D eigenvalue weighted by Crippen LogP contribution is 2.31. The molecule has 1 heterocycles. The molecular formula is C17H19N3O2S. The SMILES string of the molecule is Cc1ccc(NC(=O)CSC2=NC(=O)N=C3CCCC32)cc1C. The number of nitrogens with one attached hydrogen (secondary N) is 1. The average molecular weight is 329 g/mol. The van der Waals surface area contributed by atoms with E-state index < -0.39 is 6.03 Å². The normalized spacial score (nSPS) is 19.9. The third-order valence-electron chi connectivity index (χ3n) is 4.21. The molecule has 1 aliphatic heterocycles. The highest BCUT2D eigenvalue weighted by Gasteiger charge is 2.32. The molecule has 0 radical (unpaired) electrons. The lowest BCUT2D eigenvalue weighted by Crippen LogP contribution is -2.24. The molecule has 3 rings (SSSR count). The lowest BCUT2D eigenvalue weighted by molar-refractivity contribution is -0.113. The van der Waals surface area contributed by atoms with Gasteiger partial charge in [0, 0.05) is 17.3 Å². The Bertz CT molecular complexity index is 725. The smallest absolute Gasteiger partial charge is 0.325 e. The number of hydrogen-bond donors (Lipinski definition) is 1. The fourth-order valence-electron chi connectivity index (χ4n) is 2.84. The Morgan fingerprint density at radius 2 is 2.13 bits per heavy atom. The maximum Gasteiger partial charge on any atom is 0.367 e. The van der Waals surface area contributed by atoms with Crippen LogP contribution < -0.4 is 5.32 Å². The van der Waals surface area contributed by atoms with Gasteiger partial charge in [0.15, 0.2) is 0 Å². The molecule has 5 nitrogen and oxygen atoms in total. The molecule has 0 spiro atoms. The van der Waals surface area contributed by atoms with E-state index >= 15 is 0 Å². The zero-order valence-electron chi connectivity index (χ0n) is 13.3. The Labute approximate surface area is 139 Å². The van der Waals surface area contributed by atoms with E-state index in [-0.39, 0.29) is 17.6 Å². The summed E-state index contributed by atoms with van der Waals surface area (Å²) in [5.74, 6) is 0.311. The van der Waals surface area contributed by atoms with Crippen molar-refractivity contribution in [1.82, 2.24) is 0 Å². The first-order valence-corrected chi connectivity index (χ1v) is 8.71. The van der Waals surface area contributed by atoms with Gasteiger partial charge in [0.2, 0.25) is 5.91 Å². The summed E-state index contributed by atoms with van der Waals surface area (Å²) in [7, 11) is 0. The Morgan fingerprint density at radius 1 is 1.30 bits per heavy atom. The second-order valence-corrected chi connectivity index (χ2v) is 6.91. The molecule has 1 fully saturated rings. The van der Waals surface area contributed by atoms with Crippen LogP contribution in [0.5, 0.6) is 0 Å². The van der Waals surface area contributed by atoms with E-state index in [2.05, 4.69) is 15.3 Å². The fraction of sp³-hybridized carbons (Fsp3) is 0.412. The van der Waals surface area contributed by atoms with Crippen molar-refractivity contribution < 1.29 is 9.59 Å². The first kappa shape index (κ1) is 15.9. The van der Waals surface area contributed by atoms with Gasteiger partial charge >= 0.3 is 6.03 Å². The number of fused-ring (bicyclic) bond motifs is 1. The van der Waals surface area contributed by atoms with Gasteiger partial charge in [0.05, 0.1) is 10.8 Å². The largest absolute Gasteiger partial charge is 0.367 e. The molecule has 120 valence electrons. The molecule has 1 aromatic rings. The number of aryl methyl sites for hydroxylation is 2. The lowest BCUT2D eigenvalue weighted by atomic mass is 10.1. The fourth-order valence-corrected chi connectivity index (χ4v) is 3.79. The first-order chi connectivity index (χ1) is 11.0. The van der Waals surface area contributed by atoms with Crippen LogP contribution >= 0.6 is 11.8 Å². The van der Waals surface area contributed by atoms with E-state index in [9.17, 15) is 9.59 Å².